The minimum atomic E-state index is -0.460. The molecule has 1 saturated carbocycles. The van der Waals surface area contributed by atoms with Crippen molar-refractivity contribution in [3.05, 3.63) is 0 Å². The maximum atomic E-state index is 11.8. The third-order valence-corrected chi connectivity index (χ3v) is 3.81. The van der Waals surface area contributed by atoms with Gasteiger partial charge in [-0.15, -0.1) is 0 Å². The van der Waals surface area contributed by atoms with E-state index in [0.717, 1.165) is 6.42 Å². The van der Waals surface area contributed by atoms with Gasteiger partial charge in [0.1, 0.15) is 5.60 Å². The molecular formula is C15H30N2O2. The second kappa shape index (κ2) is 6.60. The van der Waals surface area contributed by atoms with Crippen LogP contribution in [0, 0.1) is 5.41 Å². The molecule has 0 bridgehead atoms. The zero-order valence-corrected chi connectivity index (χ0v) is 12.9. The van der Waals surface area contributed by atoms with Crippen LogP contribution >= 0.6 is 0 Å². The lowest BCUT2D eigenvalue weighted by atomic mass is 9.72. The number of hydrogen-bond acceptors (Lipinski definition) is 3. The summed E-state index contributed by atoms with van der Waals surface area (Å²) in [5.41, 5.74) is 5.65. The standard InChI is InChI=1S/C15H30N2O2/c1-14(2,3)19-13(18)17-12(11-16)10-15(4)8-6-5-7-9-15/h12H,5-11,16H2,1-4H3,(H,17,18). The Labute approximate surface area is 117 Å². The first-order valence-electron chi connectivity index (χ1n) is 7.44. The number of carbonyl (C=O) groups excluding carboxylic acids is 1. The average molecular weight is 270 g/mol. The van der Waals surface area contributed by atoms with Crippen LogP contribution in [0.3, 0.4) is 0 Å². The fourth-order valence-corrected chi connectivity index (χ4v) is 2.87. The molecule has 4 heteroatoms. The van der Waals surface area contributed by atoms with Crippen LogP contribution < -0.4 is 11.1 Å². The number of ether oxygens (including phenoxy) is 1. The van der Waals surface area contributed by atoms with Crippen LogP contribution in [0.4, 0.5) is 4.79 Å². The number of nitrogens with one attached hydrogen (secondary N) is 1. The molecule has 1 unspecified atom stereocenters. The lowest BCUT2D eigenvalue weighted by Gasteiger charge is -2.36. The van der Waals surface area contributed by atoms with Crippen LogP contribution in [0.2, 0.25) is 0 Å². The van der Waals surface area contributed by atoms with E-state index in [1.807, 2.05) is 20.8 Å². The fourth-order valence-electron chi connectivity index (χ4n) is 2.87. The summed E-state index contributed by atoms with van der Waals surface area (Å²) in [5, 5.41) is 2.91. The Hall–Kier alpha value is -0.770. The molecule has 0 heterocycles. The molecule has 1 fully saturated rings. The number of carbonyl (C=O) groups is 1. The first-order chi connectivity index (χ1) is 8.74. The highest BCUT2D eigenvalue weighted by atomic mass is 16.6. The van der Waals surface area contributed by atoms with Gasteiger partial charge in [0, 0.05) is 12.6 Å². The molecule has 112 valence electrons. The van der Waals surface area contributed by atoms with Gasteiger partial charge in [0.15, 0.2) is 0 Å². The van der Waals surface area contributed by atoms with Crippen LogP contribution in [-0.2, 0) is 4.74 Å². The number of amides is 1. The van der Waals surface area contributed by atoms with Gasteiger partial charge >= 0.3 is 6.09 Å². The number of rotatable bonds is 4. The van der Waals surface area contributed by atoms with Crippen molar-refractivity contribution >= 4 is 6.09 Å². The van der Waals surface area contributed by atoms with Gasteiger partial charge in [-0.1, -0.05) is 26.2 Å². The van der Waals surface area contributed by atoms with Crippen LogP contribution in [-0.4, -0.2) is 24.3 Å². The summed E-state index contributed by atoms with van der Waals surface area (Å²) < 4.78 is 5.29. The maximum Gasteiger partial charge on any atom is 0.407 e. The van der Waals surface area contributed by atoms with E-state index in [-0.39, 0.29) is 12.1 Å². The molecule has 19 heavy (non-hydrogen) atoms. The van der Waals surface area contributed by atoms with Crippen LogP contribution in [0.25, 0.3) is 0 Å². The summed E-state index contributed by atoms with van der Waals surface area (Å²) in [4.78, 5) is 11.8. The molecule has 4 nitrogen and oxygen atoms in total. The van der Waals surface area contributed by atoms with Crippen molar-refractivity contribution in [3.8, 4) is 0 Å². The van der Waals surface area contributed by atoms with E-state index in [0.29, 0.717) is 12.0 Å². The molecule has 0 saturated heterocycles. The molecule has 0 radical (unpaired) electrons. The van der Waals surface area contributed by atoms with E-state index in [1.54, 1.807) is 0 Å². The largest absolute Gasteiger partial charge is 0.444 e. The maximum absolute atomic E-state index is 11.8. The van der Waals surface area contributed by atoms with Crippen molar-refractivity contribution in [3.63, 3.8) is 0 Å². The van der Waals surface area contributed by atoms with Crippen molar-refractivity contribution in [2.24, 2.45) is 11.1 Å². The van der Waals surface area contributed by atoms with Gasteiger partial charge in [0.25, 0.3) is 0 Å². The highest BCUT2D eigenvalue weighted by Gasteiger charge is 2.30. The van der Waals surface area contributed by atoms with Gasteiger partial charge in [0.2, 0.25) is 0 Å². The molecule has 1 rings (SSSR count). The molecule has 1 atom stereocenters. The molecule has 0 spiro atoms. The predicted molar refractivity (Wildman–Crippen MR) is 78.0 cm³/mol. The molecule has 1 aliphatic rings. The van der Waals surface area contributed by atoms with Crippen LogP contribution in [0.15, 0.2) is 0 Å². The molecule has 3 N–H and O–H groups in total. The number of hydrogen-bond donors (Lipinski definition) is 2. The van der Waals surface area contributed by atoms with Gasteiger partial charge < -0.3 is 15.8 Å². The minimum Gasteiger partial charge on any atom is -0.444 e. The van der Waals surface area contributed by atoms with Gasteiger partial charge in [-0.25, -0.2) is 4.79 Å². The molecule has 0 aromatic rings. The fraction of sp³-hybridized carbons (Fsp3) is 0.933. The van der Waals surface area contributed by atoms with E-state index in [2.05, 4.69) is 12.2 Å². The van der Waals surface area contributed by atoms with Gasteiger partial charge in [0.05, 0.1) is 0 Å². The average Bonchev–Trinajstić information content (AvgIpc) is 2.26. The van der Waals surface area contributed by atoms with Crippen molar-refractivity contribution in [1.29, 1.82) is 0 Å². The van der Waals surface area contributed by atoms with Gasteiger partial charge in [-0.05, 0) is 45.4 Å². The third-order valence-electron chi connectivity index (χ3n) is 3.81. The molecule has 0 aliphatic heterocycles. The molecule has 0 aromatic carbocycles. The zero-order chi connectivity index (χ0) is 14.5. The summed E-state index contributed by atoms with van der Waals surface area (Å²) in [6, 6.07) is 0.0120. The Morgan fingerprint density at radius 3 is 2.37 bits per heavy atom. The third kappa shape index (κ3) is 6.28. The van der Waals surface area contributed by atoms with E-state index in [1.165, 1.54) is 32.1 Å². The molecule has 0 aromatic heterocycles. The lowest BCUT2D eigenvalue weighted by molar-refractivity contribution is 0.0484. The van der Waals surface area contributed by atoms with E-state index in [4.69, 9.17) is 10.5 Å². The number of alkyl carbamates (subject to hydrolysis) is 1. The predicted octanol–water partition coefficient (Wildman–Crippen LogP) is 3.20. The summed E-state index contributed by atoms with van der Waals surface area (Å²) in [7, 11) is 0. The Morgan fingerprint density at radius 2 is 1.89 bits per heavy atom. The van der Waals surface area contributed by atoms with Crippen molar-refractivity contribution in [2.75, 3.05) is 6.54 Å². The van der Waals surface area contributed by atoms with E-state index < -0.39 is 5.60 Å². The highest BCUT2D eigenvalue weighted by molar-refractivity contribution is 5.68. The van der Waals surface area contributed by atoms with Crippen LogP contribution in [0.1, 0.15) is 66.2 Å². The van der Waals surface area contributed by atoms with Gasteiger partial charge in [-0.3, -0.25) is 0 Å². The topological polar surface area (TPSA) is 64.3 Å². The van der Waals surface area contributed by atoms with E-state index >= 15 is 0 Å². The second-order valence-corrected chi connectivity index (χ2v) is 7.15. The molecule has 1 aliphatic carbocycles. The monoisotopic (exact) mass is 270 g/mol. The lowest BCUT2D eigenvalue weighted by Crippen LogP contribution is -2.45. The first-order valence-corrected chi connectivity index (χ1v) is 7.44. The van der Waals surface area contributed by atoms with E-state index in [9.17, 15) is 4.79 Å². The smallest absolute Gasteiger partial charge is 0.407 e. The zero-order valence-electron chi connectivity index (χ0n) is 12.9. The normalized spacial score (nSPS) is 20.7. The Bertz CT molecular complexity index is 291. The van der Waals surface area contributed by atoms with Crippen molar-refractivity contribution < 1.29 is 9.53 Å². The molecule has 1 amide bonds. The number of nitrogens with two attached hydrogens (primary N) is 1. The summed E-state index contributed by atoms with van der Waals surface area (Å²) in [6.07, 6.45) is 6.98. The highest BCUT2D eigenvalue weighted by Crippen LogP contribution is 2.39. The summed E-state index contributed by atoms with van der Waals surface area (Å²) >= 11 is 0. The SMILES string of the molecule is CC1(CC(CN)NC(=O)OC(C)(C)C)CCCCC1. The molecular weight excluding hydrogens is 240 g/mol. The second-order valence-electron chi connectivity index (χ2n) is 7.15. The van der Waals surface area contributed by atoms with Gasteiger partial charge in [-0.2, -0.15) is 0 Å². The van der Waals surface area contributed by atoms with Crippen LogP contribution in [0.5, 0.6) is 0 Å². The quantitative estimate of drug-likeness (QED) is 0.824. The summed E-state index contributed by atoms with van der Waals surface area (Å²) in [6.45, 7) is 8.38. The van der Waals surface area contributed by atoms with Crippen molar-refractivity contribution in [1.82, 2.24) is 5.32 Å². The summed E-state index contributed by atoms with van der Waals surface area (Å²) in [5.74, 6) is 0. The van der Waals surface area contributed by atoms with Crippen molar-refractivity contribution in [2.45, 2.75) is 77.9 Å². The minimum absolute atomic E-state index is 0.0120. The Balaban J connectivity index is 2.47. The first kappa shape index (κ1) is 16.3. The Kier molecular flexibility index (Phi) is 5.65. The Morgan fingerprint density at radius 1 is 1.32 bits per heavy atom.